The van der Waals surface area contributed by atoms with E-state index in [0.29, 0.717) is 12.8 Å². The van der Waals surface area contributed by atoms with E-state index in [-0.39, 0.29) is 5.91 Å². The third-order valence-electron chi connectivity index (χ3n) is 2.62. The number of rotatable bonds is 3. The van der Waals surface area contributed by atoms with Crippen molar-refractivity contribution in [1.29, 1.82) is 5.26 Å². The summed E-state index contributed by atoms with van der Waals surface area (Å²) < 4.78 is 0. The van der Waals surface area contributed by atoms with Crippen LogP contribution in [0.15, 0.2) is 0 Å². The highest BCUT2D eigenvalue weighted by atomic mass is 16.2. The number of carbonyl (C=O) groups is 1. The van der Waals surface area contributed by atoms with Gasteiger partial charge in [-0.3, -0.25) is 4.79 Å². The van der Waals surface area contributed by atoms with Gasteiger partial charge in [-0.2, -0.15) is 5.26 Å². The van der Waals surface area contributed by atoms with E-state index in [1.165, 1.54) is 0 Å². The topological polar surface area (TPSA) is 47.3 Å². The molecule has 0 radical (unpaired) electrons. The molecule has 0 N–H and O–H groups in total. The Labute approximate surface area is 85.1 Å². The average Bonchev–Trinajstić information content (AvgIpc) is 2.26. The van der Waals surface area contributed by atoms with Gasteiger partial charge >= 0.3 is 0 Å². The summed E-state index contributed by atoms with van der Waals surface area (Å²) in [5.74, 6) is 0.127. The van der Waals surface area contributed by atoms with Crippen LogP contribution in [0.5, 0.6) is 0 Å². The van der Waals surface area contributed by atoms with Crippen molar-refractivity contribution < 1.29 is 4.79 Å². The van der Waals surface area contributed by atoms with Gasteiger partial charge in [-0.25, -0.2) is 0 Å². The number of piperazine rings is 1. The zero-order chi connectivity index (χ0) is 10.4. The number of hydrogen-bond acceptors (Lipinski definition) is 3. The fraction of sp³-hybridized carbons (Fsp3) is 0.800. The maximum absolute atomic E-state index is 11.5. The quantitative estimate of drug-likeness (QED) is 0.657. The van der Waals surface area contributed by atoms with Gasteiger partial charge in [0, 0.05) is 39.0 Å². The summed E-state index contributed by atoms with van der Waals surface area (Å²) in [5, 5.41) is 8.36. The molecule has 4 heteroatoms. The Morgan fingerprint density at radius 2 is 2.00 bits per heavy atom. The minimum absolute atomic E-state index is 0.127. The zero-order valence-corrected chi connectivity index (χ0v) is 8.70. The molecule has 0 aromatic carbocycles. The summed E-state index contributed by atoms with van der Waals surface area (Å²) >= 11 is 0. The second-order valence-corrected chi connectivity index (χ2v) is 3.47. The number of carbonyl (C=O) groups excluding carboxylic acids is 1. The molecule has 1 heterocycles. The second kappa shape index (κ2) is 5.61. The van der Waals surface area contributed by atoms with Crippen LogP contribution in [0.3, 0.4) is 0 Å². The van der Waals surface area contributed by atoms with Crippen molar-refractivity contribution in [3.8, 4) is 6.07 Å². The lowest BCUT2D eigenvalue weighted by Crippen LogP contribution is -2.48. The zero-order valence-electron chi connectivity index (χ0n) is 8.70. The van der Waals surface area contributed by atoms with E-state index in [9.17, 15) is 4.79 Å². The molecule has 0 aliphatic carbocycles. The normalized spacial score (nSPS) is 17.9. The van der Waals surface area contributed by atoms with Gasteiger partial charge in [-0.15, -0.1) is 0 Å². The van der Waals surface area contributed by atoms with Crippen molar-refractivity contribution in [2.24, 2.45) is 0 Å². The van der Waals surface area contributed by atoms with Crippen LogP contribution >= 0.6 is 0 Å². The van der Waals surface area contributed by atoms with Gasteiger partial charge in [0.1, 0.15) is 0 Å². The Morgan fingerprint density at radius 1 is 1.36 bits per heavy atom. The predicted octanol–water partition coefficient (Wildman–Crippen LogP) is 0.454. The van der Waals surface area contributed by atoms with Crippen LogP contribution in [0.2, 0.25) is 0 Å². The molecular formula is C10H17N3O. The lowest BCUT2D eigenvalue weighted by Gasteiger charge is -2.33. The smallest absolute Gasteiger partial charge is 0.223 e. The Balaban J connectivity index is 2.27. The SMILES string of the molecule is CCN1CCN(C(=O)CCC#N)CC1. The monoisotopic (exact) mass is 195 g/mol. The third-order valence-corrected chi connectivity index (χ3v) is 2.62. The van der Waals surface area contributed by atoms with E-state index < -0.39 is 0 Å². The van der Waals surface area contributed by atoms with Gasteiger partial charge in [0.2, 0.25) is 5.91 Å². The molecule has 1 fully saturated rings. The predicted molar refractivity (Wildman–Crippen MR) is 53.5 cm³/mol. The molecule has 1 amide bonds. The third kappa shape index (κ3) is 3.00. The summed E-state index contributed by atoms with van der Waals surface area (Å²) in [5.41, 5.74) is 0. The molecule has 1 aliphatic heterocycles. The van der Waals surface area contributed by atoms with Crippen LogP contribution in [-0.2, 0) is 4.79 Å². The molecule has 0 saturated carbocycles. The van der Waals surface area contributed by atoms with Gasteiger partial charge in [-0.05, 0) is 6.54 Å². The van der Waals surface area contributed by atoms with Crippen LogP contribution in [-0.4, -0.2) is 48.4 Å². The molecule has 14 heavy (non-hydrogen) atoms. The molecule has 4 nitrogen and oxygen atoms in total. The van der Waals surface area contributed by atoms with Gasteiger partial charge in [0.25, 0.3) is 0 Å². The van der Waals surface area contributed by atoms with Crippen LogP contribution < -0.4 is 0 Å². The minimum atomic E-state index is 0.127. The van der Waals surface area contributed by atoms with Gasteiger partial charge in [0.05, 0.1) is 6.07 Å². The summed E-state index contributed by atoms with van der Waals surface area (Å²) in [6.45, 7) is 6.76. The molecule has 78 valence electrons. The first-order chi connectivity index (χ1) is 6.77. The minimum Gasteiger partial charge on any atom is -0.340 e. The van der Waals surface area contributed by atoms with Crippen molar-refractivity contribution >= 4 is 5.91 Å². The highest BCUT2D eigenvalue weighted by Crippen LogP contribution is 2.04. The summed E-state index contributed by atoms with van der Waals surface area (Å²) in [7, 11) is 0. The first-order valence-electron chi connectivity index (χ1n) is 5.15. The van der Waals surface area contributed by atoms with Gasteiger partial charge < -0.3 is 9.80 Å². The van der Waals surface area contributed by atoms with Crippen molar-refractivity contribution in [3.05, 3.63) is 0 Å². The number of hydrogen-bond donors (Lipinski definition) is 0. The van der Waals surface area contributed by atoms with Crippen LogP contribution in [0.4, 0.5) is 0 Å². The maximum Gasteiger partial charge on any atom is 0.223 e. The first kappa shape index (κ1) is 11.0. The Bertz CT molecular complexity index is 226. The maximum atomic E-state index is 11.5. The van der Waals surface area contributed by atoms with Crippen molar-refractivity contribution in [2.75, 3.05) is 32.7 Å². The first-order valence-corrected chi connectivity index (χ1v) is 5.15. The lowest BCUT2D eigenvalue weighted by molar-refractivity contribution is -0.132. The lowest BCUT2D eigenvalue weighted by atomic mass is 10.2. The number of amides is 1. The Morgan fingerprint density at radius 3 is 2.50 bits per heavy atom. The van der Waals surface area contributed by atoms with Crippen molar-refractivity contribution in [2.45, 2.75) is 19.8 Å². The van der Waals surface area contributed by atoms with E-state index in [1.54, 1.807) is 0 Å². The van der Waals surface area contributed by atoms with E-state index in [0.717, 1.165) is 32.7 Å². The van der Waals surface area contributed by atoms with Crippen LogP contribution in [0, 0.1) is 11.3 Å². The van der Waals surface area contributed by atoms with Gasteiger partial charge in [-0.1, -0.05) is 6.92 Å². The summed E-state index contributed by atoms with van der Waals surface area (Å²) in [4.78, 5) is 15.7. The number of nitriles is 1. The van der Waals surface area contributed by atoms with E-state index in [4.69, 9.17) is 5.26 Å². The van der Waals surface area contributed by atoms with Crippen LogP contribution in [0.1, 0.15) is 19.8 Å². The van der Waals surface area contributed by atoms with E-state index in [2.05, 4.69) is 11.8 Å². The molecule has 1 saturated heterocycles. The fourth-order valence-electron chi connectivity index (χ4n) is 1.63. The number of nitrogens with zero attached hydrogens (tertiary/aromatic N) is 3. The van der Waals surface area contributed by atoms with Crippen molar-refractivity contribution in [3.63, 3.8) is 0 Å². The molecule has 1 aliphatic rings. The second-order valence-electron chi connectivity index (χ2n) is 3.47. The largest absolute Gasteiger partial charge is 0.340 e. The highest BCUT2D eigenvalue weighted by molar-refractivity contribution is 5.76. The fourth-order valence-corrected chi connectivity index (χ4v) is 1.63. The molecule has 0 unspecified atom stereocenters. The van der Waals surface area contributed by atoms with Crippen LogP contribution in [0.25, 0.3) is 0 Å². The molecular weight excluding hydrogens is 178 g/mol. The number of likely N-dealkylation sites (N-methyl/N-ethyl adjacent to an activating group) is 1. The molecule has 0 atom stereocenters. The summed E-state index contributed by atoms with van der Waals surface area (Å²) in [6.07, 6.45) is 0.718. The molecule has 0 spiro atoms. The molecule has 0 bridgehead atoms. The van der Waals surface area contributed by atoms with Crippen molar-refractivity contribution in [1.82, 2.24) is 9.80 Å². The van der Waals surface area contributed by atoms with E-state index in [1.807, 2.05) is 11.0 Å². The standard InChI is InChI=1S/C10H17N3O/c1-2-12-6-8-13(9-7-12)10(14)4-3-5-11/h2-4,6-9H2,1H3. The summed E-state index contributed by atoms with van der Waals surface area (Å²) in [6, 6.07) is 2.00. The molecule has 0 aromatic rings. The van der Waals surface area contributed by atoms with Gasteiger partial charge in [0.15, 0.2) is 0 Å². The molecule has 0 aromatic heterocycles. The molecule has 1 rings (SSSR count). The average molecular weight is 195 g/mol. The Kier molecular flexibility index (Phi) is 4.41. The highest BCUT2D eigenvalue weighted by Gasteiger charge is 2.19. The Hall–Kier alpha value is -1.08. The van der Waals surface area contributed by atoms with E-state index >= 15 is 0 Å².